The van der Waals surface area contributed by atoms with Crippen LogP contribution in [0.1, 0.15) is 35.0 Å². The number of hydrogen-bond donors (Lipinski definition) is 0. The molecule has 0 bridgehead atoms. The third-order valence-electron chi connectivity index (χ3n) is 5.53. The van der Waals surface area contributed by atoms with E-state index in [4.69, 9.17) is 0 Å². The van der Waals surface area contributed by atoms with Gasteiger partial charge in [-0.15, -0.1) is 0 Å². The van der Waals surface area contributed by atoms with Gasteiger partial charge in [-0.05, 0) is 67.4 Å². The Labute approximate surface area is 185 Å². The average Bonchev–Trinajstić information content (AvgIpc) is 3.18. The maximum atomic E-state index is 14.0. The van der Waals surface area contributed by atoms with Crippen molar-refractivity contribution in [3.8, 4) is 5.69 Å². The topological polar surface area (TPSA) is 42.3 Å². The average molecular weight is 435 g/mol. The van der Waals surface area contributed by atoms with Crippen molar-refractivity contribution in [1.82, 2.24) is 9.47 Å². The summed E-state index contributed by atoms with van der Waals surface area (Å²) < 4.78 is 16.2. The van der Waals surface area contributed by atoms with Crippen LogP contribution in [0.25, 0.3) is 11.8 Å². The van der Waals surface area contributed by atoms with Crippen molar-refractivity contribution >= 4 is 29.0 Å². The minimum Gasteiger partial charge on any atom is -0.318 e. The Hall–Kier alpha value is -3.12. The summed E-state index contributed by atoms with van der Waals surface area (Å²) in [6.07, 6.45) is 2.68. The Morgan fingerprint density at radius 3 is 2.39 bits per heavy atom. The number of benzene rings is 2. The molecule has 1 aliphatic heterocycles. The number of para-hydroxylation sites is 1. The summed E-state index contributed by atoms with van der Waals surface area (Å²) in [5.41, 5.74) is 5.61. The van der Waals surface area contributed by atoms with Crippen LogP contribution in [-0.2, 0) is 17.8 Å². The molecule has 1 aromatic heterocycles. The first kappa shape index (κ1) is 21.1. The molecule has 6 heteroatoms. The zero-order valence-corrected chi connectivity index (χ0v) is 18.5. The lowest BCUT2D eigenvalue weighted by Crippen LogP contribution is -2.27. The van der Waals surface area contributed by atoms with Gasteiger partial charge in [0.1, 0.15) is 5.82 Å². The van der Waals surface area contributed by atoms with Crippen LogP contribution >= 0.6 is 11.8 Å². The van der Waals surface area contributed by atoms with E-state index in [0.717, 1.165) is 45.7 Å². The van der Waals surface area contributed by atoms with Crippen LogP contribution in [0.2, 0.25) is 0 Å². The SMILES string of the molecule is CCc1ccccc1-n1c(C)cc(/C=C2\SC(=O)N(Cc3ccccc3F)C2=O)c1C. The number of rotatable bonds is 5. The molecule has 4 rings (SSSR count). The smallest absolute Gasteiger partial charge is 0.293 e. The van der Waals surface area contributed by atoms with E-state index in [1.165, 1.54) is 11.6 Å². The minimum atomic E-state index is -0.427. The number of imide groups is 1. The van der Waals surface area contributed by atoms with Gasteiger partial charge in [0.15, 0.2) is 0 Å². The molecule has 2 amide bonds. The molecule has 4 nitrogen and oxygen atoms in total. The van der Waals surface area contributed by atoms with Crippen LogP contribution in [0.5, 0.6) is 0 Å². The summed E-state index contributed by atoms with van der Waals surface area (Å²) in [6.45, 7) is 6.09. The molecule has 0 saturated carbocycles. The molecule has 0 spiro atoms. The number of hydrogen-bond acceptors (Lipinski definition) is 3. The zero-order chi connectivity index (χ0) is 22.1. The van der Waals surface area contributed by atoms with Gasteiger partial charge in [-0.25, -0.2) is 4.39 Å². The largest absolute Gasteiger partial charge is 0.318 e. The van der Waals surface area contributed by atoms with Crippen molar-refractivity contribution in [2.45, 2.75) is 33.7 Å². The zero-order valence-electron chi connectivity index (χ0n) is 17.7. The molecule has 0 radical (unpaired) electrons. The van der Waals surface area contributed by atoms with Crippen LogP contribution in [0.3, 0.4) is 0 Å². The molecule has 158 valence electrons. The summed E-state index contributed by atoms with van der Waals surface area (Å²) in [6, 6.07) is 16.5. The maximum absolute atomic E-state index is 14.0. The predicted octanol–water partition coefficient (Wildman–Crippen LogP) is 6.03. The van der Waals surface area contributed by atoms with E-state index < -0.39 is 11.7 Å². The normalized spacial score (nSPS) is 15.4. The minimum absolute atomic E-state index is 0.0718. The monoisotopic (exact) mass is 434 g/mol. The lowest BCUT2D eigenvalue weighted by atomic mass is 10.1. The van der Waals surface area contributed by atoms with Crippen LogP contribution in [0, 0.1) is 19.7 Å². The Morgan fingerprint density at radius 1 is 1.00 bits per heavy atom. The number of aryl methyl sites for hydroxylation is 2. The van der Waals surface area contributed by atoms with E-state index in [0.29, 0.717) is 10.5 Å². The summed E-state index contributed by atoms with van der Waals surface area (Å²) in [5, 5.41) is -0.385. The Balaban J connectivity index is 1.66. The number of aromatic nitrogens is 1. The van der Waals surface area contributed by atoms with Gasteiger partial charge in [-0.2, -0.15) is 0 Å². The van der Waals surface area contributed by atoms with Gasteiger partial charge < -0.3 is 4.57 Å². The van der Waals surface area contributed by atoms with E-state index in [9.17, 15) is 14.0 Å². The molecule has 1 saturated heterocycles. The van der Waals surface area contributed by atoms with E-state index in [2.05, 4.69) is 23.6 Å². The van der Waals surface area contributed by atoms with Crippen molar-refractivity contribution in [2.75, 3.05) is 0 Å². The Bertz CT molecular complexity index is 1210. The van der Waals surface area contributed by atoms with E-state index in [-0.39, 0.29) is 11.8 Å². The van der Waals surface area contributed by atoms with Crippen molar-refractivity contribution in [2.24, 2.45) is 0 Å². The molecule has 0 N–H and O–H groups in total. The molecule has 3 aromatic rings. The summed E-state index contributed by atoms with van der Waals surface area (Å²) >= 11 is 0.896. The molecule has 0 unspecified atom stereocenters. The van der Waals surface area contributed by atoms with Crippen molar-refractivity contribution < 1.29 is 14.0 Å². The first-order chi connectivity index (χ1) is 14.9. The van der Waals surface area contributed by atoms with Gasteiger partial charge in [0.25, 0.3) is 11.1 Å². The van der Waals surface area contributed by atoms with Gasteiger partial charge in [-0.1, -0.05) is 43.3 Å². The van der Waals surface area contributed by atoms with Gasteiger partial charge in [0, 0.05) is 22.6 Å². The second-order valence-electron chi connectivity index (χ2n) is 7.50. The Morgan fingerprint density at radius 2 is 1.68 bits per heavy atom. The first-order valence-electron chi connectivity index (χ1n) is 10.2. The van der Waals surface area contributed by atoms with Crippen molar-refractivity contribution in [1.29, 1.82) is 0 Å². The highest BCUT2D eigenvalue weighted by atomic mass is 32.2. The fraction of sp³-hybridized carbons (Fsp3) is 0.200. The fourth-order valence-corrected chi connectivity index (χ4v) is 4.74. The molecule has 0 atom stereocenters. The predicted molar refractivity (Wildman–Crippen MR) is 123 cm³/mol. The van der Waals surface area contributed by atoms with Crippen LogP contribution in [0.4, 0.5) is 9.18 Å². The molecule has 2 aromatic carbocycles. The summed E-state index contributed by atoms with van der Waals surface area (Å²) in [7, 11) is 0. The van der Waals surface area contributed by atoms with Gasteiger partial charge in [0.05, 0.1) is 11.4 Å². The summed E-state index contributed by atoms with van der Waals surface area (Å²) in [4.78, 5) is 26.8. The van der Waals surface area contributed by atoms with Crippen molar-refractivity contribution in [3.05, 3.63) is 93.4 Å². The van der Waals surface area contributed by atoms with E-state index >= 15 is 0 Å². The Kier molecular flexibility index (Phi) is 5.83. The fourth-order valence-electron chi connectivity index (χ4n) is 3.91. The second kappa shape index (κ2) is 8.55. The highest BCUT2D eigenvalue weighted by Gasteiger charge is 2.35. The van der Waals surface area contributed by atoms with Gasteiger partial charge in [-0.3, -0.25) is 14.5 Å². The van der Waals surface area contributed by atoms with Gasteiger partial charge in [0.2, 0.25) is 0 Å². The third-order valence-corrected chi connectivity index (χ3v) is 6.44. The molecule has 31 heavy (non-hydrogen) atoms. The van der Waals surface area contributed by atoms with Crippen LogP contribution < -0.4 is 0 Å². The number of thioether (sulfide) groups is 1. The third kappa shape index (κ3) is 3.95. The lowest BCUT2D eigenvalue weighted by Gasteiger charge is -2.14. The van der Waals surface area contributed by atoms with Crippen LogP contribution in [0.15, 0.2) is 59.5 Å². The molecule has 2 heterocycles. The molecular formula is C25H23FN2O2S. The quantitative estimate of drug-likeness (QED) is 0.460. The van der Waals surface area contributed by atoms with E-state index in [1.54, 1.807) is 24.3 Å². The second-order valence-corrected chi connectivity index (χ2v) is 8.50. The van der Waals surface area contributed by atoms with E-state index in [1.807, 2.05) is 32.0 Å². The number of nitrogens with zero attached hydrogens (tertiary/aromatic N) is 2. The number of halogens is 1. The van der Waals surface area contributed by atoms with Gasteiger partial charge >= 0.3 is 0 Å². The molecule has 1 aliphatic rings. The number of carbonyl (C=O) groups is 2. The highest BCUT2D eigenvalue weighted by Crippen LogP contribution is 2.35. The van der Waals surface area contributed by atoms with Crippen LogP contribution in [-0.4, -0.2) is 20.6 Å². The molecular weight excluding hydrogens is 411 g/mol. The highest BCUT2D eigenvalue weighted by molar-refractivity contribution is 8.18. The molecule has 0 aliphatic carbocycles. The number of amides is 2. The maximum Gasteiger partial charge on any atom is 0.293 e. The standard InChI is InChI=1S/C25H23FN2O2S/c1-4-18-9-6-8-12-22(18)28-16(2)13-20(17(28)3)14-23-24(29)27(25(30)31-23)15-19-10-5-7-11-21(19)26/h5-14H,4,15H2,1-3H3/b23-14-. The van der Waals surface area contributed by atoms with Crippen molar-refractivity contribution in [3.63, 3.8) is 0 Å². The number of carbonyl (C=O) groups excluding carboxylic acids is 2. The first-order valence-corrected chi connectivity index (χ1v) is 11.0. The lowest BCUT2D eigenvalue weighted by molar-refractivity contribution is -0.123. The summed E-state index contributed by atoms with van der Waals surface area (Å²) in [5.74, 6) is -0.819. The molecule has 1 fully saturated rings.